The Morgan fingerprint density at radius 3 is 2.22 bits per heavy atom. The van der Waals surface area contributed by atoms with Crippen LogP contribution in [0.1, 0.15) is 29.8 Å². The molecule has 0 aliphatic carbocycles. The van der Waals surface area contributed by atoms with Crippen LogP contribution in [0.2, 0.25) is 0 Å². The highest BCUT2D eigenvalue weighted by molar-refractivity contribution is 6.02. The molecule has 0 unspecified atom stereocenters. The van der Waals surface area contributed by atoms with E-state index in [-0.39, 0.29) is 42.6 Å². The standard InChI is InChI=1S/C32H36F3N5O6/c1-19-16-40(20(2)18-41)29(42)26-15-24(37-30(43)36-22-9-12-25(45-4)13-10-22)11-14-27(26)46-28(19)17-39(3)31(44)38-23-7-5-21(6-8-23)32(33,34)35/h5-15,19-20,28,41H,16-18H2,1-4H3,(H,38,44)(H2,36,37,43)/t19-,20+,28-/m1/s1. The molecule has 4 N–H and O–H groups in total. The van der Waals surface area contributed by atoms with Gasteiger partial charge in [-0.15, -0.1) is 0 Å². The van der Waals surface area contributed by atoms with Gasteiger partial charge in [-0.05, 0) is 73.7 Å². The molecule has 3 aromatic carbocycles. The molecule has 0 saturated heterocycles. The maximum atomic E-state index is 13.7. The van der Waals surface area contributed by atoms with Gasteiger partial charge in [-0.3, -0.25) is 4.79 Å². The smallest absolute Gasteiger partial charge is 0.416 e. The number of methoxy groups -OCH3 is 1. The molecular formula is C32H36F3N5O6. The molecule has 3 atom stereocenters. The first-order valence-electron chi connectivity index (χ1n) is 14.4. The number of ether oxygens (including phenoxy) is 2. The maximum absolute atomic E-state index is 13.7. The number of anilines is 3. The van der Waals surface area contributed by atoms with Gasteiger partial charge in [-0.2, -0.15) is 13.2 Å². The molecule has 46 heavy (non-hydrogen) atoms. The Balaban J connectivity index is 1.51. The number of alkyl halides is 3. The Morgan fingerprint density at radius 2 is 1.61 bits per heavy atom. The van der Waals surface area contributed by atoms with Crippen molar-refractivity contribution < 1.29 is 42.1 Å². The second-order valence-corrected chi connectivity index (χ2v) is 11.0. The van der Waals surface area contributed by atoms with Crippen molar-refractivity contribution >= 4 is 35.0 Å². The van der Waals surface area contributed by atoms with Crippen LogP contribution in [0, 0.1) is 5.92 Å². The van der Waals surface area contributed by atoms with E-state index in [9.17, 15) is 32.7 Å². The second kappa shape index (κ2) is 14.4. The van der Waals surface area contributed by atoms with Crippen molar-refractivity contribution in [2.75, 3.05) is 49.8 Å². The molecule has 4 rings (SSSR count). The summed E-state index contributed by atoms with van der Waals surface area (Å²) in [6.07, 6.45) is -5.12. The van der Waals surface area contributed by atoms with Gasteiger partial charge in [0.2, 0.25) is 0 Å². The molecule has 0 radical (unpaired) electrons. The number of hydrogen-bond acceptors (Lipinski definition) is 6. The van der Waals surface area contributed by atoms with Crippen LogP contribution in [0.5, 0.6) is 11.5 Å². The van der Waals surface area contributed by atoms with Crippen LogP contribution < -0.4 is 25.4 Å². The van der Waals surface area contributed by atoms with E-state index in [0.717, 1.165) is 12.1 Å². The van der Waals surface area contributed by atoms with Crippen LogP contribution in [-0.2, 0) is 6.18 Å². The molecule has 1 aliphatic rings. The SMILES string of the molecule is COc1ccc(NC(=O)Nc2ccc3c(c2)C(=O)N([C@@H](C)CO)C[C@@H](C)[C@@H](CN(C)C(=O)Nc2ccc(C(F)(F)F)cc2)O3)cc1. The number of urea groups is 2. The van der Waals surface area contributed by atoms with Gasteiger partial charge in [-0.25, -0.2) is 9.59 Å². The highest BCUT2D eigenvalue weighted by atomic mass is 19.4. The molecule has 11 nitrogen and oxygen atoms in total. The first-order chi connectivity index (χ1) is 21.8. The lowest BCUT2D eigenvalue weighted by atomic mass is 9.99. The predicted octanol–water partition coefficient (Wildman–Crippen LogP) is 5.74. The normalized spacial score (nSPS) is 17.0. The van der Waals surface area contributed by atoms with Crippen molar-refractivity contribution in [1.82, 2.24) is 9.80 Å². The fourth-order valence-electron chi connectivity index (χ4n) is 4.80. The second-order valence-electron chi connectivity index (χ2n) is 11.0. The van der Waals surface area contributed by atoms with E-state index in [1.54, 1.807) is 43.3 Å². The van der Waals surface area contributed by atoms with Gasteiger partial charge in [-0.1, -0.05) is 6.92 Å². The van der Waals surface area contributed by atoms with Gasteiger partial charge in [0, 0.05) is 36.6 Å². The summed E-state index contributed by atoms with van der Waals surface area (Å²) < 4.78 is 50.1. The number of nitrogens with one attached hydrogen (secondary N) is 3. The Hall–Kier alpha value is -4.98. The Morgan fingerprint density at radius 1 is 1.02 bits per heavy atom. The van der Waals surface area contributed by atoms with Crippen molar-refractivity contribution in [1.29, 1.82) is 0 Å². The molecule has 0 saturated carbocycles. The van der Waals surface area contributed by atoms with Crippen molar-refractivity contribution in [2.45, 2.75) is 32.2 Å². The van der Waals surface area contributed by atoms with Gasteiger partial charge in [0.25, 0.3) is 5.91 Å². The fourth-order valence-corrected chi connectivity index (χ4v) is 4.80. The third kappa shape index (κ3) is 8.38. The summed E-state index contributed by atoms with van der Waals surface area (Å²) in [4.78, 5) is 42.2. The fraction of sp³-hybridized carbons (Fsp3) is 0.344. The molecule has 1 heterocycles. The summed E-state index contributed by atoms with van der Waals surface area (Å²) >= 11 is 0. The number of aliphatic hydroxyl groups is 1. The van der Waals surface area contributed by atoms with Gasteiger partial charge >= 0.3 is 18.2 Å². The highest BCUT2D eigenvalue weighted by Gasteiger charge is 2.34. The quantitative estimate of drug-likeness (QED) is 0.248. The summed E-state index contributed by atoms with van der Waals surface area (Å²) in [6.45, 7) is 3.51. The summed E-state index contributed by atoms with van der Waals surface area (Å²) in [5, 5.41) is 17.9. The molecule has 3 aromatic rings. The van der Waals surface area contributed by atoms with Crippen molar-refractivity contribution in [3.8, 4) is 11.5 Å². The van der Waals surface area contributed by atoms with Gasteiger partial charge in [0.15, 0.2) is 0 Å². The zero-order valence-electron chi connectivity index (χ0n) is 25.7. The lowest BCUT2D eigenvalue weighted by molar-refractivity contribution is -0.137. The Labute approximate surface area is 264 Å². The van der Waals surface area contributed by atoms with Crippen LogP contribution in [0.15, 0.2) is 66.7 Å². The average molecular weight is 644 g/mol. The van der Waals surface area contributed by atoms with E-state index in [1.165, 1.54) is 42.2 Å². The number of likely N-dealkylation sites (N-methyl/N-ethyl adjacent to an activating group) is 1. The van der Waals surface area contributed by atoms with Crippen LogP contribution in [0.25, 0.3) is 0 Å². The number of hydrogen-bond donors (Lipinski definition) is 4. The molecule has 0 fully saturated rings. The number of aliphatic hydroxyl groups excluding tert-OH is 1. The topological polar surface area (TPSA) is 132 Å². The molecule has 1 aliphatic heterocycles. The largest absolute Gasteiger partial charge is 0.497 e. The summed E-state index contributed by atoms with van der Waals surface area (Å²) in [5.74, 6) is 0.135. The van der Waals surface area contributed by atoms with E-state index < -0.39 is 41.9 Å². The van der Waals surface area contributed by atoms with Crippen LogP contribution >= 0.6 is 0 Å². The van der Waals surface area contributed by atoms with Crippen LogP contribution in [0.3, 0.4) is 0 Å². The number of amides is 5. The van der Waals surface area contributed by atoms with E-state index in [4.69, 9.17) is 9.47 Å². The predicted molar refractivity (Wildman–Crippen MR) is 166 cm³/mol. The Bertz CT molecular complexity index is 1530. The molecule has 14 heteroatoms. The maximum Gasteiger partial charge on any atom is 0.416 e. The minimum Gasteiger partial charge on any atom is -0.497 e. The number of nitrogens with zero attached hydrogens (tertiary/aromatic N) is 2. The first-order valence-corrected chi connectivity index (χ1v) is 14.4. The summed E-state index contributed by atoms with van der Waals surface area (Å²) in [5.41, 5.74) is 0.344. The van der Waals surface area contributed by atoms with Crippen LogP contribution in [0.4, 0.5) is 39.8 Å². The molecule has 0 bridgehead atoms. The Kier molecular flexibility index (Phi) is 10.6. The third-order valence-corrected chi connectivity index (χ3v) is 7.53. The number of rotatable bonds is 8. The lowest BCUT2D eigenvalue weighted by Gasteiger charge is -2.38. The van der Waals surface area contributed by atoms with E-state index in [2.05, 4.69) is 16.0 Å². The van der Waals surface area contributed by atoms with Gasteiger partial charge in [0.1, 0.15) is 17.6 Å². The molecule has 246 valence electrons. The van der Waals surface area contributed by atoms with Gasteiger partial charge in [0.05, 0.1) is 37.4 Å². The molecule has 0 aromatic heterocycles. The monoisotopic (exact) mass is 643 g/mol. The zero-order chi connectivity index (χ0) is 33.6. The van der Waals surface area contributed by atoms with Crippen molar-refractivity contribution in [3.63, 3.8) is 0 Å². The van der Waals surface area contributed by atoms with E-state index in [0.29, 0.717) is 17.1 Å². The van der Waals surface area contributed by atoms with Crippen molar-refractivity contribution in [3.05, 3.63) is 77.9 Å². The molecular weight excluding hydrogens is 607 g/mol. The van der Waals surface area contributed by atoms with E-state index in [1.807, 2.05) is 6.92 Å². The summed E-state index contributed by atoms with van der Waals surface area (Å²) in [7, 11) is 3.05. The third-order valence-electron chi connectivity index (χ3n) is 7.53. The number of carbonyl (C=O) groups excluding carboxylic acids is 3. The lowest BCUT2D eigenvalue weighted by Crippen LogP contribution is -2.50. The summed E-state index contributed by atoms with van der Waals surface area (Å²) in [6, 6.07) is 13.8. The zero-order valence-corrected chi connectivity index (χ0v) is 25.7. The average Bonchev–Trinajstić information content (AvgIpc) is 3.02. The molecule has 0 spiro atoms. The minimum atomic E-state index is -4.50. The van der Waals surface area contributed by atoms with Crippen molar-refractivity contribution in [2.24, 2.45) is 5.92 Å². The first kappa shape index (κ1) is 33.9. The number of benzene rings is 3. The molecule has 5 amide bonds. The number of carbonyl (C=O) groups is 3. The van der Waals surface area contributed by atoms with Crippen LogP contribution in [-0.4, -0.2) is 78.9 Å². The highest BCUT2D eigenvalue weighted by Crippen LogP contribution is 2.32. The van der Waals surface area contributed by atoms with E-state index >= 15 is 0 Å². The minimum absolute atomic E-state index is 0.0624. The number of halogens is 3. The van der Waals surface area contributed by atoms with Gasteiger partial charge < -0.3 is 40.3 Å². The number of fused-ring (bicyclic) bond motifs is 1.